The van der Waals surface area contributed by atoms with E-state index >= 15 is 0 Å². The number of rotatable bonds is 4. The standard InChI is InChI=1S/C7H15P/c1-3-5-7-8-6-4-2/h4,6,8H,3,5,7H2,1-2H3/b6-4-. The molecule has 8 heavy (non-hydrogen) atoms. The van der Waals surface area contributed by atoms with Crippen molar-refractivity contribution in [2.75, 3.05) is 6.16 Å². The molecule has 0 heterocycles. The molecule has 0 N–H and O–H groups in total. The number of allylic oxidation sites excluding steroid dienone is 1. The van der Waals surface area contributed by atoms with Crippen LogP contribution in [0.15, 0.2) is 11.9 Å². The van der Waals surface area contributed by atoms with Crippen LogP contribution >= 0.6 is 8.58 Å². The molecule has 0 aromatic heterocycles. The fraction of sp³-hybridized carbons (Fsp3) is 0.714. The minimum absolute atomic E-state index is 1.06. The highest BCUT2D eigenvalue weighted by molar-refractivity contribution is 7.41. The molecule has 48 valence electrons. The Morgan fingerprint density at radius 2 is 2.25 bits per heavy atom. The molecule has 0 amide bonds. The SMILES string of the molecule is C/C=C\PCCCC. The van der Waals surface area contributed by atoms with Gasteiger partial charge in [0, 0.05) is 0 Å². The zero-order valence-corrected chi connectivity index (χ0v) is 6.78. The van der Waals surface area contributed by atoms with E-state index in [1.54, 1.807) is 0 Å². The number of hydrogen-bond acceptors (Lipinski definition) is 0. The van der Waals surface area contributed by atoms with Gasteiger partial charge in [-0.1, -0.05) is 33.8 Å². The lowest BCUT2D eigenvalue weighted by atomic mass is 10.4. The lowest BCUT2D eigenvalue weighted by Crippen LogP contribution is -1.69. The molecule has 0 aromatic rings. The predicted octanol–water partition coefficient (Wildman–Crippen LogP) is 3.00. The molecule has 0 bridgehead atoms. The van der Waals surface area contributed by atoms with Gasteiger partial charge in [0.25, 0.3) is 0 Å². The third-order valence-electron chi connectivity index (χ3n) is 0.959. The highest BCUT2D eigenvalue weighted by atomic mass is 31.1. The zero-order valence-electron chi connectivity index (χ0n) is 5.78. The number of hydrogen-bond donors (Lipinski definition) is 0. The first-order valence-corrected chi connectivity index (χ1v) is 4.54. The molecular weight excluding hydrogens is 115 g/mol. The van der Waals surface area contributed by atoms with E-state index in [9.17, 15) is 0 Å². The van der Waals surface area contributed by atoms with Gasteiger partial charge in [0.2, 0.25) is 0 Å². The van der Waals surface area contributed by atoms with Crippen LogP contribution in [0.5, 0.6) is 0 Å². The quantitative estimate of drug-likeness (QED) is 0.405. The molecule has 1 heteroatoms. The van der Waals surface area contributed by atoms with Gasteiger partial charge in [0.05, 0.1) is 0 Å². The molecule has 0 aromatic carbocycles. The van der Waals surface area contributed by atoms with E-state index in [1.165, 1.54) is 19.0 Å². The molecule has 0 fully saturated rings. The zero-order chi connectivity index (χ0) is 6.24. The van der Waals surface area contributed by atoms with Crippen LogP contribution in [0.3, 0.4) is 0 Å². The molecule has 1 unspecified atom stereocenters. The summed E-state index contributed by atoms with van der Waals surface area (Å²) in [7, 11) is 1.06. The van der Waals surface area contributed by atoms with Crippen molar-refractivity contribution in [1.29, 1.82) is 0 Å². The fourth-order valence-corrected chi connectivity index (χ4v) is 1.44. The first-order chi connectivity index (χ1) is 3.91. The molecule has 0 radical (unpaired) electrons. The molecule has 0 rings (SSSR count). The van der Waals surface area contributed by atoms with Gasteiger partial charge in [-0.3, -0.25) is 0 Å². The fourth-order valence-electron chi connectivity index (χ4n) is 0.480. The molecule has 0 aliphatic carbocycles. The smallest absolute Gasteiger partial charge is 0.0319 e. The Labute approximate surface area is 54.2 Å². The Hall–Kier alpha value is 0.170. The molecule has 0 aliphatic heterocycles. The molecular formula is C7H15P. The van der Waals surface area contributed by atoms with E-state index in [2.05, 4.69) is 25.7 Å². The van der Waals surface area contributed by atoms with Crippen molar-refractivity contribution in [3.8, 4) is 0 Å². The average Bonchev–Trinajstić information content (AvgIpc) is 1.81. The Bertz CT molecular complexity index is 57.4. The maximum atomic E-state index is 2.26. The second-order valence-corrected chi connectivity index (χ2v) is 3.05. The van der Waals surface area contributed by atoms with Crippen LogP contribution in [0.1, 0.15) is 26.7 Å². The summed E-state index contributed by atoms with van der Waals surface area (Å²) >= 11 is 0. The summed E-state index contributed by atoms with van der Waals surface area (Å²) in [4.78, 5) is 0. The van der Waals surface area contributed by atoms with E-state index in [0.29, 0.717) is 0 Å². The van der Waals surface area contributed by atoms with Crippen molar-refractivity contribution in [2.45, 2.75) is 26.7 Å². The maximum absolute atomic E-state index is 2.26. The van der Waals surface area contributed by atoms with Gasteiger partial charge in [-0.25, -0.2) is 0 Å². The Balaban J connectivity index is 2.72. The lowest BCUT2D eigenvalue weighted by molar-refractivity contribution is 0.895. The van der Waals surface area contributed by atoms with Crippen LogP contribution in [0, 0.1) is 0 Å². The van der Waals surface area contributed by atoms with E-state index in [0.717, 1.165) is 8.58 Å². The molecule has 0 nitrogen and oxygen atoms in total. The van der Waals surface area contributed by atoms with Crippen molar-refractivity contribution in [3.05, 3.63) is 11.9 Å². The van der Waals surface area contributed by atoms with E-state index in [4.69, 9.17) is 0 Å². The maximum Gasteiger partial charge on any atom is -0.0319 e. The van der Waals surface area contributed by atoms with Crippen LogP contribution in [-0.4, -0.2) is 6.16 Å². The van der Waals surface area contributed by atoms with Crippen molar-refractivity contribution in [3.63, 3.8) is 0 Å². The summed E-state index contributed by atoms with van der Waals surface area (Å²) in [5.41, 5.74) is 0. The van der Waals surface area contributed by atoms with Gasteiger partial charge >= 0.3 is 0 Å². The second-order valence-electron chi connectivity index (χ2n) is 1.81. The van der Waals surface area contributed by atoms with Gasteiger partial charge in [-0.2, -0.15) is 0 Å². The van der Waals surface area contributed by atoms with Gasteiger partial charge in [0.1, 0.15) is 0 Å². The van der Waals surface area contributed by atoms with Crippen LogP contribution in [0.2, 0.25) is 0 Å². The highest BCUT2D eigenvalue weighted by Gasteiger charge is 1.78. The second kappa shape index (κ2) is 7.17. The Morgan fingerprint density at radius 3 is 2.75 bits per heavy atom. The Kier molecular flexibility index (Phi) is 7.32. The van der Waals surface area contributed by atoms with Crippen LogP contribution < -0.4 is 0 Å². The summed E-state index contributed by atoms with van der Waals surface area (Å²) in [6.07, 6.45) is 6.25. The van der Waals surface area contributed by atoms with E-state index in [-0.39, 0.29) is 0 Å². The van der Waals surface area contributed by atoms with Gasteiger partial charge in [-0.05, 0) is 19.5 Å². The third kappa shape index (κ3) is 6.17. The average molecular weight is 130 g/mol. The van der Waals surface area contributed by atoms with Gasteiger partial charge in [-0.15, -0.1) is 0 Å². The molecule has 0 saturated carbocycles. The molecule has 1 atom stereocenters. The monoisotopic (exact) mass is 130 g/mol. The van der Waals surface area contributed by atoms with Crippen molar-refractivity contribution in [2.24, 2.45) is 0 Å². The van der Waals surface area contributed by atoms with Crippen LogP contribution in [0.4, 0.5) is 0 Å². The minimum Gasteiger partial charge on any atom is -0.0988 e. The summed E-state index contributed by atoms with van der Waals surface area (Å²) in [6, 6.07) is 0. The largest absolute Gasteiger partial charge is 0.0988 e. The van der Waals surface area contributed by atoms with Gasteiger partial charge in [0.15, 0.2) is 0 Å². The summed E-state index contributed by atoms with van der Waals surface area (Å²) in [5, 5.41) is 0. The topological polar surface area (TPSA) is 0 Å². The molecule has 0 spiro atoms. The normalized spacial score (nSPS) is 12.2. The van der Waals surface area contributed by atoms with Crippen LogP contribution in [-0.2, 0) is 0 Å². The van der Waals surface area contributed by atoms with Crippen molar-refractivity contribution < 1.29 is 0 Å². The van der Waals surface area contributed by atoms with Crippen molar-refractivity contribution in [1.82, 2.24) is 0 Å². The molecule has 0 saturated heterocycles. The third-order valence-corrected chi connectivity index (χ3v) is 2.17. The highest BCUT2D eigenvalue weighted by Crippen LogP contribution is 2.12. The number of unbranched alkanes of at least 4 members (excludes halogenated alkanes) is 1. The minimum atomic E-state index is 1.06. The molecule has 0 aliphatic rings. The lowest BCUT2D eigenvalue weighted by Gasteiger charge is -1.89. The first-order valence-electron chi connectivity index (χ1n) is 3.26. The summed E-state index contributed by atoms with van der Waals surface area (Å²) in [6.45, 7) is 4.32. The Morgan fingerprint density at radius 1 is 1.50 bits per heavy atom. The summed E-state index contributed by atoms with van der Waals surface area (Å²) < 4.78 is 0. The predicted molar refractivity (Wildman–Crippen MR) is 42.9 cm³/mol. The van der Waals surface area contributed by atoms with Crippen molar-refractivity contribution >= 4 is 8.58 Å². The van der Waals surface area contributed by atoms with E-state index < -0.39 is 0 Å². The van der Waals surface area contributed by atoms with E-state index in [1.807, 2.05) is 0 Å². The first kappa shape index (κ1) is 8.17. The van der Waals surface area contributed by atoms with Crippen LogP contribution in [0.25, 0.3) is 0 Å². The van der Waals surface area contributed by atoms with Gasteiger partial charge < -0.3 is 0 Å². The summed E-state index contributed by atoms with van der Waals surface area (Å²) in [5.74, 6) is 2.26.